The van der Waals surface area contributed by atoms with Gasteiger partial charge in [0.2, 0.25) is 5.16 Å². The Balaban J connectivity index is 1.61. The van der Waals surface area contributed by atoms with E-state index in [4.69, 9.17) is 4.74 Å². The van der Waals surface area contributed by atoms with Gasteiger partial charge in [0.1, 0.15) is 0 Å². The van der Waals surface area contributed by atoms with E-state index >= 15 is 0 Å². The van der Waals surface area contributed by atoms with E-state index in [0.717, 1.165) is 36.9 Å². The van der Waals surface area contributed by atoms with Crippen molar-refractivity contribution in [3.8, 4) is 0 Å². The summed E-state index contributed by atoms with van der Waals surface area (Å²) in [5.41, 5.74) is 2.57. The summed E-state index contributed by atoms with van der Waals surface area (Å²) in [5, 5.41) is 12.8. The zero-order valence-corrected chi connectivity index (χ0v) is 12.3. The highest BCUT2D eigenvalue weighted by molar-refractivity contribution is 7.98. The topological polar surface area (TPSA) is 52.8 Å². The number of aryl methyl sites for hydroxylation is 1. The summed E-state index contributed by atoms with van der Waals surface area (Å²) in [6, 6.07) is 8.52. The maximum atomic E-state index is 5.63. The smallest absolute Gasteiger partial charge is 0.209 e. The van der Waals surface area contributed by atoms with Gasteiger partial charge in [0.15, 0.2) is 0 Å². The van der Waals surface area contributed by atoms with Crippen LogP contribution in [0.4, 0.5) is 0 Å². The Labute approximate surface area is 122 Å². The van der Waals surface area contributed by atoms with Gasteiger partial charge < -0.3 is 4.74 Å². The molecule has 1 aliphatic rings. The summed E-state index contributed by atoms with van der Waals surface area (Å²) in [5.74, 6) is 0.883. The van der Waals surface area contributed by atoms with Crippen molar-refractivity contribution in [1.82, 2.24) is 20.2 Å². The van der Waals surface area contributed by atoms with Crippen LogP contribution in [-0.4, -0.2) is 32.9 Å². The minimum absolute atomic E-state index is 0.261. The molecular weight excluding hydrogens is 272 g/mol. The third-order valence-electron chi connectivity index (χ3n) is 3.35. The van der Waals surface area contributed by atoms with Crippen molar-refractivity contribution in [2.45, 2.75) is 43.3 Å². The van der Waals surface area contributed by atoms with Gasteiger partial charge in [-0.2, -0.15) is 0 Å². The zero-order chi connectivity index (χ0) is 13.8. The van der Waals surface area contributed by atoms with Crippen LogP contribution in [0.5, 0.6) is 0 Å². The molecule has 3 rings (SSSR count). The fourth-order valence-electron chi connectivity index (χ4n) is 2.35. The van der Waals surface area contributed by atoms with E-state index in [1.807, 2.05) is 4.68 Å². The highest BCUT2D eigenvalue weighted by Crippen LogP contribution is 2.22. The van der Waals surface area contributed by atoms with E-state index in [2.05, 4.69) is 46.7 Å². The second-order valence-electron chi connectivity index (χ2n) is 5.06. The van der Waals surface area contributed by atoms with Gasteiger partial charge in [-0.15, -0.1) is 5.10 Å². The van der Waals surface area contributed by atoms with Crippen molar-refractivity contribution >= 4 is 11.8 Å². The molecule has 5 nitrogen and oxygen atoms in total. The van der Waals surface area contributed by atoms with Crippen molar-refractivity contribution in [2.75, 3.05) is 6.61 Å². The molecule has 1 saturated heterocycles. The number of hydrogen-bond acceptors (Lipinski definition) is 5. The van der Waals surface area contributed by atoms with E-state index in [1.54, 1.807) is 11.8 Å². The van der Waals surface area contributed by atoms with E-state index in [1.165, 1.54) is 11.1 Å². The van der Waals surface area contributed by atoms with Crippen molar-refractivity contribution in [3.63, 3.8) is 0 Å². The number of ether oxygens (including phenoxy) is 1. The summed E-state index contributed by atoms with van der Waals surface area (Å²) < 4.78 is 7.49. The number of nitrogens with zero attached hydrogens (tertiary/aromatic N) is 4. The van der Waals surface area contributed by atoms with E-state index in [0.29, 0.717) is 0 Å². The summed E-state index contributed by atoms with van der Waals surface area (Å²) in [6.45, 7) is 3.72. The van der Waals surface area contributed by atoms with Gasteiger partial charge in [0.05, 0.1) is 12.6 Å². The number of benzene rings is 1. The number of rotatable bonds is 5. The van der Waals surface area contributed by atoms with Crippen LogP contribution in [0.15, 0.2) is 29.4 Å². The lowest BCUT2D eigenvalue weighted by Gasteiger charge is -2.10. The normalized spacial score (nSPS) is 18.6. The first kappa shape index (κ1) is 13.6. The lowest BCUT2D eigenvalue weighted by Crippen LogP contribution is -2.16. The molecule has 2 heterocycles. The predicted molar refractivity (Wildman–Crippen MR) is 77.5 cm³/mol. The largest absolute Gasteiger partial charge is 0.376 e. The molecule has 0 N–H and O–H groups in total. The summed E-state index contributed by atoms with van der Waals surface area (Å²) in [7, 11) is 0. The minimum atomic E-state index is 0.261. The Bertz CT molecular complexity index is 566. The van der Waals surface area contributed by atoms with Crippen molar-refractivity contribution in [3.05, 3.63) is 35.4 Å². The zero-order valence-electron chi connectivity index (χ0n) is 11.5. The molecule has 6 heteroatoms. The van der Waals surface area contributed by atoms with Crippen LogP contribution in [0, 0.1) is 6.92 Å². The van der Waals surface area contributed by atoms with Gasteiger partial charge in [0.25, 0.3) is 0 Å². The van der Waals surface area contributed by atoms with Crippen LogP contribution >= 0.6 is 11.8 Å². The van der Waals surface area contributed by atoms with Gasteiger partial charge >= 0.3 is 0 Å². The molecule has 106 valence electrons. The van der Waals surface area contributed by atoms with E-state index < -0.39 is 0 Å². The summed E-state index contributed by atoms with van der Waals surface area (Å²) in [6.07, 6.45) is 2.50. The number of hydrogen-bond donors (Lipinski definition) is 0. The van der Waals surface area contributed by atoms with Crippen LogP contribution in [-0.2, 0) is 17.0 Å². The van der Waals surface area contributed by atoms with Gasteiger partial charge in [-0.25, -0.2) is 4.68 Å². The van der Waals surface area contributed by atoms with E-state index in [9.17, 15) is 0 Å². The van der Waals surface area contributed by atoms with Gasteiger partial charge in [0, 0.05) is 12.4 Å². The second-order valence-corrected chi connectivity index (χ2v) is 6.00. The van der Waals surface area contributed by atoms with Gasteiger partial charge in [-0.05, 0) is 35.8 Å². The Morgan fingerprint density at radius 2 is 2.40 bits per heavy atom. The molecule has 0 bridgehead atoms. The number of tetrazole rings is 1. The molecule has 0 radical (unpaired) electrons. The average Bonchev–Trinajstić information content (AvgIpc) is 3.09. The fraction of sp³-hybridized carbons (Fsp3) is 0.500. The van der Waals surface area contributed by atoms with Crippen LogP contribution < -0.4 is 0 Å². The number of aromatic nitrogens is 4. The second kappa shape index (κ2) is 6.37. The van der Waals surface area contributed by atoms with Gasteiger partial charge in [-0.3, -0.25) is 0 Å². The molecule has 1 aromatic heterocycles. The third-order valence-corrected chi connectivity index (χ3v) is 4.38. The SMILES string of the molecule is Cc1cccc(CSc2nnnn2CC2CCCO2)c1. The highest BCUT2D eigenvalue weighted by atomic mass is 32.2. The first-order valence-corrected chi connectivity index (χ1v) is 7.86. The Hall–Kier alpha value is -1.40. The van der Waals surface area contributed by atoms with Crippen molar-refractivity contribution < 1.29 is 4.74 Å². The van der Waals surface area contributed by atoms with Crippen LogP contribution in [0.2, 0.25) is 0 Å². The summed E-state index contributed by atoms with van der Waals surface area (Å²) >= 11 is 1.67. The molecule has 0 saturated carbocycles. The maximum absolute atomic E-state index is 5.63. The lowest BCUT2D eigenvalue weighted by atomic mass is 10.2. The molecule has 1 aliphatic heterocycles. The highest BCUT2D eigenvalue weighted by Gasteiger charge is 2.18. The first-order valence-electron chi connectivity index (χ1n) is 6.87. The molecule has 1 unspecified atom stereocenters. The first-order chi connectivity index (χ1) is 9.81. The van der Waals surface area contributed by atoms with Crippen LogP contribution in [0.3, 0.4) is 0 Å². The Kier molecular flexibility index (Phi) is 4.32. The predicted octanol–water partition coefficient (Wildman–Crippen LogP) is 2.45. The van der Waals surface area contributed by atoms with Crippen LogP contribution in [0.25, 0.3) is 0 Å². The minimum Gasteiger partial charge on any atom is -0.376 e. The standard InChI is InChI=1S/C14H18N4OS/c1-11-4-2-5-12(8-11)10-20-14-15-16-17-18(14)9-13-6-3-7-19-13/h2,4-5,8,13H,3,6-7,9-10H2,1H3. The molecule has 2 aromatic rings. The molecule has 1 aromatic carbocycles. The third kappa shape index (κ3) is 3.37. The van der Waals surface area contributed by atoms with E-state index in [-0.39, 0.29) is 6.10 Å². The molecule has 0 aliphatic carbocycles. The Morgan fingerprint density at radius 1 is 1.45 bits per heavy atom. The summed E-state index contributed by atoms with van der Waals surface area (Å²) in [4.78, 5) is 0. The maximum Gasteiger partial charge on any atom is 0.209 e. The fourth-order valence-corrected chi connectivity index (χ4v) is 3.18. The van der Waals surface area contributed by atoms with Crippen molar-refractivity contribution in [1.29, 1.82) is 0 Å². The molecular formula is C14H18N4OS. The average molecular weight is 290 g/mol. The molecule has 1 fully saturated rings. The molecule has 0 amide bonds. The number of thioether (sulfide) groups is 1. The molecule has 1 atom stereocenters. The van der Waals surface area contributed by atoms with Crippen LogP contribution in [0.1, 0.15) is 24.0 Å². The lowest BCUT2D eigenvalue weighted by molar-refractivity contribution is 0.0912. The molecule has 20 heavy (non-hydrogen) atoms. The van der Waals surface area contributed by atoms with Gasteiger partial charge in [-0.1, -0.05) is 41.6 Å². The molecule has 0 spiro atoms. The monoisotopic (exact) mass is 290 g/mol. The van der Waals surface area contributed by atoms with Crippen molar-refractivity contribution in [2.24, 2.45) is 0 Å². The Morgan fingerprint density at radius 3 is 3.20 bits per heavy atom. The quantitative estimate of drug-likeness (QED) is 0.792.